The van der Waals surface area contributed by atoms with E-state index in [2.05, 4.69) is 0 Å². The lowest BCUT2D eigenvalue weighted by Gasteiger charge is -2.17. The van der Waals surface area contributed by atoms with E-state index in [-0.39, 0.29) is 18.8 Å². The Hall–Kier alpha value is -2.50. The van der Waals surface area contributed by atoms with Crippen LogP contribution in [0, 0.1) is 6.92 Å². The Morgan fingerprint density at radius 2 is 1.81 bits per heavy atom. The summed E-state index contributed by atoms with van der Waals surface area (Å²) in [6, 6.07) is 9.12. The normalized spacial score (nSPS) is 11.3. The minimum absolute atomic E-state index is 0.123. The molecule has 3 nitrogen and oxygen atoms in total. The van der Waals surface area contributed by atoms with Crippen molar-refractivity contribution in [1.82, 2.24) is 0 Å². The van der Waals surface area contributed by atoms with Crippen LogP contribution < -0.4 is 9.47 Å². The minimum atomic E-state index is -4.51. The Labute approximate surface area is 150 Å². The van der Waals surface area contributed by atoms with Gasteiger partial charge < -0.3 is 9.47 Å². The summed E-state index contributed by atoms with van der Waals surface area (Å²) in [4.78, 5) is 11.6. The van der Waals surface area contributed by atoms with Crippen molar-refractivity contribution in [1.29, 1.82) is 0 Å². The lowest BCUT2D eigenvalue weighted by atomic mass is 10.0. The molecule has 0 saturated carbocycles. The molecule has 2 rings (SSSR count). The summed E-state index contributed by atoms with van der Waals surface area (Å²) in [7, 11) is 0. The number of halogens is 3. The van der Waals surface area contributed by atoms with Crippen LogP contribution in [0.3, 0.4) is 0 Å². The number of carbonyl (C=O) groups is 1. The Bertz CT molecular complexity index is 782. The standard InChI is InChI=1S/C20H21F3O3/c1-4-14-7-6-8-17(26-19(24)5-2)15(14)12-25-18-10-9-13(3)11-16(18)20(21,22)23/h6-11H,4-5,12H2,1-3H3. The van der Waals surface area contributed by atoms with Gasteiger partial charge in [0.05, 0.1) is 5.56 Å². The first-order chi connectivity index (χ1) is 12.3. The number of benzene rings is 2. The monoisotopic (exact) mass is 366 g/mol. The van der Waals surface area contributed by atoms with E-state index in [9.17, 15) is 18.0 Å². The van der Waals surface area contributed by atoms with Crippen molar-refractivity contribution in [3.8, 4) is 11.5 Å². The maximum absolute atomic E-state index is 13.2. The molecule has 0 amide bonds. The summed E-state index contributed by atoms with van der Waals surface area (Å²) in [5, 5.41) is 0. The number of rotatable bonds is 6. The predicted octanol–water partition coefficient (Wildman–Crippen LogP) is 5.47. The summed E-state index contributed by atoms with van der Waals surface area (Å²) >= 11 is 0. The van der Waals surface area contributed by atoms with Gasteiger partial charge in [0.1, 0.15) is 18.1 Å². The van der Waals surface area contributed by atoms with E-state index in [1.165, 1.54) is 6.07 Å². The van der Waals surface area contributed by atoms with E-state index < -0.39 is 17.7 Å². The zero-order valence-corrected chi connectivity index (χ0v) is 14.9. The molecule has 0 aliphatic carbocycles. The Morgan fingerprint density at radius 3 is 2.42 bits per heavy atom. The molecule has 2 aromatic carbocycles. The number of aryl methyl sites for hydroxylation is 2. The molecule has 0 heterocycles. The third-order valence-electron chi connectivity index (χ3n) is 3.94. The second kappa shape index (κ2) is 8.25. The fraction of sp³-hybridized carbons (Fsp3) is 0.350. The van der Waals surface area contributed by atoms with Gasteiger partial charge in [0.25, 0.3) is 0 Å². The zero-order valence-electron chi connectivity index (χ0n) is 14.9. The Morgan fingerprint density at radius 1 is 1.08 bits per heavy atom. The van der Waals surface area contributed by atoms with E-state index in [4.69, 9.17) is 9.47 Å². The van der Waals surface area contributed by atoms with Gasteiger partial charge >= 0.3 is 12.1 Å². The summed E-state index contributed by atoms with van der Waals surface area (Å²) in [6.07, 6.45) is -3.67. The van der Waals surface area contributed by atoms with Crippen LogP contribution in [0.2, 0.25) is 0 Å². The van der Waals surface area contributed by atoms with Gasteiger partial charge in [0.15, 0.2) is 0 Å². The van der Waals surface area contributed by atoms with Gasteiger partial charge in [-0.3, -0.25) is 4.79 Å². The van der Waals surface area contributed by atoms with Crippen LogP contribution in [0.1, 0.15) is 42.5 Å². The van der Waals surface area contributed by atoms with E-state index in [0.29, 0.717) is 23.3 Å². The van der Waals surface area contributed by atoms with Gasteiger partial charge in [-0.15, -0.1) is 0 Å². The molecule has 0 aliphatic heterocycles. The quantitative estimate of drug-likeness (QED) is 0.502. The highest BCUT2D eigenvalue weighted by Crippen LogP contribution is 2.37. The van der Waals surface area contributed by atoms with Crippen LogP contribution in [0.4, 0.5) is 13.2 Å². The number of hydrogen-bond acceptors (Lipinski definition) is 3. The molecule has 140 valence electrons. The molecule has 0 radical (unpaired) electrons. The summed E-state index contributed by atoms with van der Waals surface area (Å²) in [5.41, 5.74) is 1.10. The Balaban J connectivity index is 2.34. The average molecular weight is 366 g/mol. The highest BCUT2D eigenvalue weighted by Gasteiger charge is 2.34. The third-order valence-corrected chi connectivity index (χ3v) is 3.94. The highest BCUT2D eigenvalue weighted by molar-refractivity contribution is 5.72. The molecule has 26 heavy (non-hydrogen) atoms. The number of esters is 1. The van der Waals surface area contributed by atoms with Crippen molar-refractivity contribution in [2.75, 3.05) is 0 Å². The van der Waals surface area contributed by atoms with Gasteiger partial charge in [0.2, 0.25) is 0 Å². The van der Waals surface area contributed by atoms with Crippen LogP contribution in [0.15, 0.2) is 36.4 Å². The van der Waals surface area contributed by atoms with E-state index in [0.717, 1.165) is 11.6 Å². The number of hydrogen-bond donors (Lipinski definition) is 0. The molecule has 0 aromatic heterocycles. The second-order valence-corrected chi connectivity index (χ2v) is 5.86. The Kier molecular flexibility index (Phi) is 6.29. The topological polar surface area (TPSA) is 35.5 Å². The maximum atomic E-state index is 13.2. The fourth-order valence-electron chi connectivity index (χ4n) is 2.54. The smallest absolute Gasteiger partial charge is 0.419 e. The van der Waals surface area contributed by atoms with Gasteiger partial charge in [-0.25, -0.2) is 0 Å². The van der Waals surface area contributed by atoms with Crippen molar-refractivity contribution in [2.24, 2.45) is 0 Å². The van der Waals surface area contributed by atoms with Crippen molar-refractivity contribution in [2.45, 2.75) is 46.4 Å². The summed E-state index contributed by atoms with van der Waals surface area (Å²) < 4.78 is 50.5. The van der Waals surface area contributed by atoms with Gasteiger partial charge in [-0.05, 0) is 37.1 Å². The molecule has 6 heteroatoms. The van der Waals surface area contributed by atoms with Crippen LogP contribution in [0.25, 0.3) is 0 Å². The molecule has 0 N–H and O–H groups in total. The van der Waals surface area contributed by atoms with Crippen LogP contribution in [0.5, 0.6) is 11.5 Å². The summed E-state index contributed by atoms with van der Waals surface area (Å²) in [5.74, 6) is -0.343. The van der Waals surface area contributed by atoms with E-state index >= 15 is 0 Å². The minimum Gasteiger partial charge on any atom is -0.488 e. The molecule has 0 fully saturated rings. The fourth-order valence-corrected chi connectivity index (χ4v) is 2.54. The maximum Gasteiger partial charge on any atom is 0.419 e. The first-order valence-corrected chi connectivity index (χ1v) is 8.38. The second-order valence-electron chi connectivity index (χ2n) is 5.86. The highest BCUT2D eigenvalue weighted by atomic mass is 19.4. The van der Waals surface area contributed by atoms with Crippen molar-refractivity contribution in [3.63, 3.8) is 0 Å². The van der Waals surface area contributed by atoms with E-state index in [1.807, 2.05) is 13.0 Å². The van der Waals surface area contributed by atoms with Crippen LogP contribution in [-0.2, 0) is 24.0 Å². The molecule has 0 aliphatic rings. The first kappa shape index (κ1) is 19.8. The molecule has 2 aromatic rings. The first-order valence-electron chi connectivity index (χ1n) is 8.38. The molecular weight excluding hydrogens is 345 g/mol. The number of carbonyl (C=O) groups excluding carboxylic acids is 1. The van der Waals surface area contributed by atoms with Gasteiger partial charge in [-0.2, -0.15) is 13.2 Å². The van der Waals surface area contributed by atoms with Crippen LogP contribution in [-0.4, -0.2) is 5.97 Å². The van der Waals surface area contributed by atoms with Crippen LogP contribution >= 0.6 is 0 Å². The predicted molar refractivity (Wildman–Crippen MR) is 92.3 cm³/mol. The molecule has 0 spiro atoms. The molecule has 0 bridgehead atoms. The average Bonchev–Trinajstić information content (AvgIpc) is 2.60. The van der Waals surface area contributed by atoms with E-state index in [1.54, 1.807) is 32.0 Å². The molecule has 0 saturated heterocycles. The van der Waals surface area contributed by atoms with Crippen molar-refractivity contribution < 1.29 is 27.4 Å². The third kappa shape index (κ3) is 4.77. The lowest BCUT2D eigenvalue weighted by molar-refractivity contribution is -0.139. The zero-order chi connectivity index (χ0) is 19.3. The molecule has 0 unspecified atom stereocenters. The van der Waals surface area contributed by atoms with Gasteiger partial charge in [0, 0.05) is 12.0 Å². The van der Waals surface area contributed by atoms with Gasteiger partial charge in [-0.1, -0.05) is 37.6 Å². The molecule has 0 atom stereocenters. The molecular formula is C20H21F3O3. The summed E-state index contributed by atoms with van der Waals surface area (Å²) in [6.45, 7) is 5.05. The number of ether oxygens (including phenoxy) is 2. The number of alkyl halides is 3. The SMILES string of the molecule is CCC(=O)Oc1cccc(CC)c1COc1ccc(C)cc1C(F)(F)F. The van der Waals surface area contributed by atoms with Crippen molar-refractivity contribution >= 4 is 5.97 Å². The largest absolute Gasteiger partial charge is 0.488 e. The van der Waals surface area contributed by atoms with Crippen molar-refractivity contribution in [3.05, 3.63) is 58.7 Å². The lowest BCUT2D eigenvalue weighted by Crippen LogP contribution is -2.12.